The minimum absolute atomic E-state index is 0.0792. The summed E-state index contributed by atoms with van der Waals surface area (Å²) in [6, 6.07) is -1.33. The van der Waals surface area contributed by atoms with Crippen LogP contribution in [0, 0.1) is 11.8 Å². The van der Waals surface area contributed by atoms with Crippen molar-refractivity contribution in [2.45, 2.75) is 259 Å². The van der Waals surface area contributed by atoms with Crippen molar-refractivity contribution in [2.75, 3.05) is 59.5 Å². The van der Waals surface area contributed by atoms with E-state index in [0.29, 0.717) is 39.0 Å². The van der Waals surface area contributed by atoms with Crippen molar-refractivity contribution in [1.29, 1.82) is 0 Å². The molecule has 0 aliphatic carbocycles. The van der Waals surface area contributed by atoms with E-state index in [1.165, 1.54) is 154 Å². The molecule has 2 atom stereocenters. The van der Waals surface area contributed by atoms with Gasteiger partial charge >= 0.3 is 0 Å². The van der Waals surface area contributed by atoms with Crippen molar-refractivity contribution in [2.24, 2.45) is 11.8 Å². The zero-order chi connectivity index (χ0) is 49.0. The summed E-state index contributed by atoms with van der Waals surface area (Å²) in [4.78, 5) is 58.9. The molecule has 0 heterocycles. The summed E-state index contributed by atoms with van der Waals surface area (Å²) in [5, 5.41) is 25.7. The second-order valence-corrected chi connectivity index (χ2v) is 20.3. The lowest BCUT2D eigenvalue weighted by Crippen LogP contribution is -2.54. The summed E-state index contributed by atoms with van der Waals surface area (Å²) in [6.45, 7) is 14.0. The molecule has 11 nitrogen and oxygen atoms in total. The molecule has 66 heavy (non-hydrogen) atoms. The fourth-order valence-corrected chi connectivity index (χ4v) is 9.30. The van der Waals surface area contributed by atoms with Gasteiger partial charge in [-0.05, 0) is 31.7 Å². The normalized spacial score (nSPS) is 12.5. The van der Waals surface area contributed by atoms with Gasteiger partial charge in [-0.2, -0.15) is 0 Å². The monoisotopic (exact) mass is 936 g/mol. The van der Waals surface area contributed by atoms with E-state index in [2.05, 4.69) is 24.5 Å². The number of carbonyl (C=O) groups is 4. The van der Waals surface area contributed by atoms with Gasteiger partial charge in [0.1, 0.15) is 12.1 Å². The molecule has 2 unspecified atom stereocenters. The fourth-order valence-electron chi connectivity index (χ4n) is 9.30. The lowest BCUT2D eigenvalue weighted by Gasteiger charge is -2.33. The number of amides is 4. The quantitative estimate of drug-likeness (QED) is 0.0445. The Labute approximate surface area is 407 Å². The predicted octanol–water partition coefficient (Wildman–Crippen LogP) is 11.4. The van der Waals surface area contributed by atoms with Gasteiger partial charge in [-0.15, -0.1) is 0 Å². The number of aliphatic hydroxyl groups is 2. The number of hydrogen-bond donors (Lipinski definition) is 4. The third-order valence-corrected chi connectivity index (χ3v) is 13.4. The van der Waals surface area contributed by atoms with Crippen molar-refractivity contribution in [1.82, 2.24) is 25.3 Å². The number of carbonyl (C=O) groups excluding carboxylic acids is 4. The Morgan fingerprint density at radius 2 is 0.636 bits per heavy atom. The average molecular weight is 937 g/mol. The summed E-state index contributed by atoms with van der Waals surface area (Å²) >= 11 is 0. The highest BCUT2D eigenvalue weighted by Crippen LogP contribution is 2.19. The summed E-state index contributed by atoms with van der Waals surface area (Å²) < 4.78 is 0. The molecule has 4 amide bonds. The van der Waals surface area contributed by atoms with E-state index in [0.717, 1.165) is 38.5 Å². The van der Waals surface area contributed by atoms with Gasteiger partial charge in [0, 0.05) is 52.1 Å². The zero-order valence-corrected chi connectivity index (χ0v) is 44.5. The molecule has 0 aliphatic rings. The summed E-state index contributed by atoms with van der Waals surface area (Å²) in [5.74, 6) is -0.839. The smallest absolute Gasteiger partial charge is 0.243 e. The van der Waals surface area contributed by atoms with Gasteiger partial charge in [0.2, 0.25) is 23.6 Å². The zero-order valence-electron chi connectivity index (χ0n) is 44.5. The molecule has 4 N–H and O–H groups in total. The van der Waals surface area contributed by atoms with Gasteiger partial charge < -0.3 is 35.5 Å². The van der Waals surface area contributed by atoms with E-state index in [1.807, 2.05) is 39.6 Å². The Bertz CT molecular complexity index is 1070. The number of hydrogen-bond acceptors (Lipinski definition) is 7. The van der Waals surface area contributed by atoms with Crippen LogP contribution in [0.1, 0.15) is 247 Å². The van der Waals surface area contributed by atoms with Gasteiger partial charge in [0.15, 0.2) is 0 Å². The molecule has 0 saturated heterocycles. The first kappa shape index (κ1) is 63.8. The number of likely N-dealkylation sites (N-methyl/N-ethyl adjacent to an activating group) is 1. The maximum Gasteiger partial charge on any atom is 0.243 e. The van der Waals surface area contributed by atoms with E-state index in [9.17, 15) is 29.4 Å². The summed E-state index contributed by atoms with van der Waals surface area (Å²) in [6.07, 6.45) is 38.6. The molecular formula is C55H109N5O6. The number of nitrogens with one attached hydrogen (secondary N) is 2. The Morgan fingerprint density at radius 3 is 0.864 bits per heavy atom. The largest absolute Gasteiger partial charge is 0.395 e. The number of aliphatic hydroxyl groups excluding tert-OH is 2. The van der Waals surface area contributed by atoms with Gasteiger partial charge in [-0.25, -0.2) is 0 Å². The topological polar surface area (TPSA) is 143 Å². The van der Waals surface area contributed by atoms with Crippen LogP contribution in [0.5, 0.6) is 0 Å². The van der Waals surface area contributed by atoms with Gasteiger partial charge in [-0.1, -0.05) is 221 Å². The third-order valence-electron chi connectivity index (χ3n) is 13.4. The van der Waals surface area contributed by atoms with Crippen LogP contribution in [0.15, 0.2) is 0 Å². The van der Waals surface area contributed by atoms with Gasteiger partial charge in [0.25, 0.3) is 0 Å². The number of unbranched alkanes of at least 4 members (excludes halogenated alkanes) is 28. The van der Waals surface area contributed by atoms with Crippen molar-refractivity contribution < 1.29 is 29.4 Å². The van der Waals surface area contributed by atoms with E-state index < -0.39 is 12.1 Å². The number of rotatable bonds is 48. The fraction of sp³-hybridized carbons (Fsp3) is 0.927. The van der Waals surface area contributed by atoms with Crippen LogP contribution in [0.2, 0.25) is 0 Å². The molecule has 0 spiro atoms. The molecule has 0 aromatic rings. The molecule has 0 fully saturated rings. The second-order valence-electron chi connectivity index (χ2n) is 20.3. The molecule has 0 radical (unpaired) electrons. The van der Waals surface area contributed by atoms with E-state index in [-0.39, 0.29) is 61.8 Å². The molecule has 390 valence electrons. The van der Waals surface area contributed by atoms with Gasteiger partial charge in [-0.3, -0.25) is 19.2 Å². The maximum atomic E-state index is 13.5. The molecule has 0 rings (SSSR count). The Kier molecular flexibility index (Phi) is 43.7. The van der Waals surface area contributed by atoms with Crippen molar-refractivity contribution in [3.8, 4) is 0 Å². The van der Waals surface area contributed by atoms with Crippen molar-refractivity contribution in [3.63, 3.8) is 0 Å². The van der Waals surface area contributed by atoms with Crippen LogP contribution in [0.3, 0.4) is 0 Å². The highest BCUT2D eigenvalue weighted by Gasteiger charge is 2.33. The Balaban J connectivity index is 4.59. The first-order valence-corrected chi connectivity index (χ1v) is 28.0. The highest BCUT2D eigenvalue weighted by molar-refractivity contribution is 5.88. The standard InChI is InChI=1S/C55H109N5O6/c1-8-10-12-14-16-18-20-22-24-26-28-30-32-34-36-38-50(63)59(44-46-61)52(48(3)4)54(65)56-40-42-58(7)43-41-57-55(66)53(49(5)6)60(45-47-62)51(64)39-37-35-33-31-29-27-25-23-21-19-17-15-13-11-9-2/h48-49,52-53,61-62H,8-47H2,1-7H3,(H,56,65)(H,57,66). The minimum atomic E-state index is -0.664. The second kappa shape index (κ2) is 45.2. The highest BCUT2D eigenvalue weighted by atomic mass is 16.3. The molecule has 0 saturated carbocycles. The molecule has 0 aliphatic heterocycles. The first-order chi connectivity index (χ1) is 32.0. The van der Waals surface area contributed by atoms with Crippen molar-refractivity contribution >= 4 is 23.6 Å². The lowest BCUT2D eigenvalue weighted by molar-refractivity contribution is -0.143. The van der Waals surface area contributed by atoms with Crippen LogP contribution >= 0.6 is 0 Å². The molecule has 0 aromatic carbocycles. The van der Waals surface area contributed by atoms with Crippen LogP contribution < -0.4 is 10.6 Å². The van der Waals surface area contributed by atoms with Crippen LogP contribution in [0.4, 0.5) is 0 Å². The molecule has 11 heteroatoms. The molecular weight excluding hydrogens is 827 g/mol. The maximum absolute atomic E-state index is 13.5. The SMILES string of the molecule is CCCCCCCCCCCCCCCCCC(=O)N(CCO)C(C(=O)NCCN(C)CCNC(=O)C(C(C)C)N(CCO)C(=O)CCCCCCCCCCCCCCCCC)C(C)C. The first-order valence-electron chi connectivity index (χ1n) is 28.0. The van der Waals surface area contributed by atoms with E-state index >= 15 is 0 Å². The summed E-state index contributed by atoms with van der Waals surface area (Å²) in [5.41, 5.74) is 0. The van der Waals surface area contributed by atoms with Crippen LogP contribution in [-0.4, -0.2) is 120 Å². The Hall–Kier alpha value is -2.24. The van der Waals surface area contributed by atoms with Crippen LogP contribution in [0.25, 0.3) is 0 Å². The third kappa shape index (κ3) is 34.1. The average Bonchev–Trinajstić information content (AvgIpc) is 3.28. The van der Waals surface area contributed by atoms with Gasteiger partial charge in [0.05, 0.1) is 13.2 Å². The Morgan fingerprint density at radius 1 is 0.394 bits per heavy atom. The molecule has 0 bridgehead atoms. The van der Waals surface area contributed by atoms with Crippen molar-refractivity contribution in [3.05, 3.63) is 0 Å². The number of nitrogens with zero attached hydrogens (tertiary/aromatic N) is 3. The van der Waals surface area contributed by atoms with E-state index in [4.69, 9.17) is 0 Å². The predicted molar refractivity (Wildman–Crippen MR) is 277 cm³/mol. The van der Waals surface area contributed by atoms with E-state index in [1.54, 1.807) is 9.80 Å². The molecule has 0 aromatic heterocycles. The summed E-state index contributed by atoms with van der Waals surface area (Å²) in [7, 11) is 1.93. The lowest BCUT2D eigenvalue weighted by atomic mass is 10.00. The minimum Gasteiger partial charge on any atom is -0.395 e. The van der Waals surface area contributed by atoms with Crippen LogP contribution in [-0.2, 0) is 19.2 Å².